The van der Waals surface area contributed by atoms with E-state index in [0.717, 1.165) is 0 Å². The van der Waals surface area contributed by atoms with Crippen LogP contribution in [0.5, 0.6) is 0 Å². The molecule has 0 radical (unpaired) electrons. The number of carbonyl (C=O) groups is 2. The zero-order chi connectivity index (χ0) is 13.2. The first-order valence-corrected chi connectivity index (χ1v) is 6.38. The van der Waals surface area contributed by atoms with E-state index in [9.17, 15) is 9.59 Å². The van der Waals surface area contributed by atoms with Crippen LogP contribution in [0.2, 0.25) is 0 Å². The Kier molecular flexibility index (Phi) is 4.94. The van der Waals surface area contributed by atoms with E-state index in [2.05, 4.69) is 15.9 Å². The number of halogens is 1. The van der Waals surface area contributed by atoms with Crippen LogP contribution in [0.4, 0.5) is 0 Å². The fraction of sp³-hybridized carbons (Fsp3) is 0.818. The average Bonchev–Trinajstić information content (AvgIpc) is 2.19. The van der Waals surface area contributed by atoms with E-state index in [1.807, 2.05) is 13.8 Å². The summed E-state index contributed by atoms with van der Waals surface area (Å²) in [5.74, 6) is -0.869. The summed E-state index contributed by atoms with van der Waals surface area (Å²) < 4.78 is 16.0. The SMILES string of the molecule is CC(=O)O[C@@H]1[C@@H](C)[C@H](C)O[C@@H](Br)[C@@H]1OC(C)=O. The summed E-state index contributed by atoms with van der Waals surface area (Å²) in [6, 6.07) is 0. The second-order valence-electron chi connectivity index (χ2n) is 4.20. The van der Waals surface area contributed by atoms with Crippen LogP contribution in [0.15, 0.2) is 0 Å². The number of ether oxygens (including phenoxy) is 3. The lowest BCUT2D eigenvalue weighted by atomic mass is 9.92. The molecule has 1 fully saturated rings. The van der Waals surface area contributed by atoms with Crippen molar-refractivity contribution in [3.63, 3.8) is 0 Å². The van der Waals surface area contributed by atoms with Gasteiger partial charge in [0.15, 0.2) is 11.1 Å². The van der Waals surface area contributed by atoms with E-state index in [4.69, 9.17) is 14.2 Å². The highest BCUT2D eigenvalue weighted by molar-refractivity contribution is 9.09. The predicted octanol–water partition coefficient (Wildman–Crippen LogP) is 1.63. The first-order chi connectivity index (χ1) is 7.82. The van der Waals surface area contributed by atoms with Crippen LogP contribution in [0.25, 0.3) is 0 Å². The van der Waals surface area contributed by atoms with Crippen LogP contribution in [0, 0.1) is 5.92 Å². The van der Waals surface area contributed by atoms with Gasteiger partial charge in [0.05, 0.1) is 6.10 Å². The molecule has 1 rings (SSSR count). The molecule has 5 atom stereocenters. The maximum atomic E-state index is 11.1. The molecule has 6 heteroatoms. The van der Waals surface area contributed by atoms with Crippen LogP contribution in [-0.2, 0) is 23.8 Å². The van der Waals surface area contributed by atoms with Gasteiger partial charge in [-0.2, -0.15) is 0 Å². The normalized spacial score (nSPS) is 37.4. The number of esters is 2. The Morgan fingerprint density at radius 1 is 1.06 bits per heavy atom. The van der Waals surface area contributed by atoms with Gasteiger partial charge in [0.25, 0.3) is 0 Å². The Bertz CT molecular complexity index is 306. The molecule has 0 unspecified atom stereocenters. The third-order valence-electron chi connectivity index (χ3n) is 2.79. The molecule has 5 nitrogen and oxygen atoms in total. The molecule has 98 valence electrons. The van der Waals surface area contributed by atoms with Gasteiger partial charge in [-0.05, 0) is 6.92 Å². The molecule has 0 saturated carbocycles. The third-order valence-corrected chi connectivity index (χ3v) is 3.53. The molecule has 0 aliphatic carbocycles. The number of rotatable bonds is 2. The number of hydrogen-bond donors (Lipinski definition) is 0. The molecule has 0 N–H and O–H groups in total. The lowest BCUT2D eigenvalue weighted by Crippen LogP contribution is -2.53. The van der Waals surface area contributed by atoms with Gasteiger partial charge in [-0.25, -0.2) is 0 Å². The summed E-state index contributed by atoms with van der Waals surface area (Å²) >= 11 is 3.29. The Morgan fingerprint density at radius 3 is 2.00 bits per heavy atom. The smallest absolute Gasteiger partial charge is 0.303 e. The molecule has 1 heterocycles. The monoisotopic (exact) mass is 308 g/mol. The van der Waals surface area contributed by atoms with Crippen molar-refractivity contribution in [2.24, 2.45) is 5.92 Å². The lowest BCUT2D eigenvalue weighted by molar-refractivity contribution is -0.203. The number of alkyl halides is 1. The van der Waals surface area contributed by atoms with Crippen molar-refractivity contribution in [1.82, 2.24) is 0 Å². The zero-order valence-electron chi connectivity index (χ0n) is 10.3. The summed E-state index contributed by atoms with van der Waals surface area (Å²) in [5, 5.41) is -0.470. The van der Waals surface area contributed by atoms with Gasteiger partial charge in [-0.1, -0.05) is 22.9 Å². The molecule has 1 aliphatic heterocycles. The summed E-state index contributed by atoms with van der Waals surface area (Å²) in [5.41, 5.74) is 0. The third kappa shape index (κ3) is 3.67. The maximum absolute atomic E-state index is 11.1. The summed E-state index contributed by atoms with van der Waals surface area (Å²) in [6.07, 6.45) is -1.21. The number of carbonyl (C=O) groups excluding carboxylic acids is 2. The second-order valence-corrected chi connectivity index (χ2v) is 5.10. The molecule has 0 bridgehead atoms. The fourth-order valence-corrected chi connectivity index (χ4v) is 2.55. The molecule has 1 saturated heterocycles. The maximum Gasteiger partial charge on any atom is 0.303 e. The van der Waals surface area contributed by atoms with Crippen molar-refractivity contribution in [3.05, 3.63) is 0 Å². The molecule has 0 amide bonds. The quantitative estimate of drug-likeness (QED) is 0.573. The molecule has 0 aromatic heterocycles. The molecule has 17 heavy (non-hydrogen) atoms. The Morgan fingerprint density at radius 2 is 1.53 bits per heavy atom. The van der Waals surface area contributed by atoms with E-state index in [0.29, 0.717) is 0 Å². The van der Waals surface area contributed by atoms with Gasteiger partial charge in [0.1, 0.15) is 6.10 Å². The van der Waals surface area contributed by atoms with E-state index in [-0.39, 0.29) is 12.0 Å². The standard InChI is InChI=1S/C11H17BrO5/c1-5-6(2)15-11(12)10(17-8(4)14)9(5)16-7(3)13/h5-6,9-11H,1-4H3/t5-,6-,9+,10+,11+/m0/s1. The van der Waals surface area contributed by atoms with Crippen LogP contribution in [-0.4, -0.2) is 35.3 Å². The lowest BCUT2D eigenvalue weighted by Gasteiger charge is -2.41. The predicted molar refractivity (Wildman–Crippen MR) is 63.5 cm³/mol. The Labute approximate surface area is 109 Å². The van der Waals surface area contributed by atoms with Gasteiger partial charge in [-0.15, -0.1) is 0 Å². The molecule has 0 aromatic rings. The van der Waals surface area contributed by atoms with Crippen LogP contribution in [0.1, 0.15) is 27.7 Å². The van der Waals surface area contributed by atoms with E-state index in [1.165, 1.54) is 13.8 Å². The van der Waals surface area contributed by atoms with Gasteiger partial charge in [0, 0.05) is 19.8 Å². The van der Waals surface area contributed by atoms with Gasteiger partial charge in [-0.3, -0.25) is 9.59 Å². The topological polar surface area (TPSA) is 61.8 Å². The van der Waals surface area contributed by atoms with Crippen LogP contribution < -0.4 is 0 Å². The van der Waals surface area contributed by atoms with Gasteiger partial charge in [0.2, 0.25) is 0 Å². The minimum absolute atomic E-state index is 0.0444. The highest BCUT2D eigenvalue weighted by Crippen LogP contribution is 2.32. The summed E-state index contributed by atoms with van der Waals surface area (Å²) in [7, 11) is 0. The second kappa shape index (κ2) is 5.82. The van der Waals surface area contributed by atoms with E-state index >= 15 is 0 Å². The van der Waals surface area contributed by atoms with E-state index in [1.54, 1.807) is 0 Å². The highest BCUT2D eigenvalue weighted by Gasteiger charge is 2.45. The van der Waals surface area contributed by atoms with Crippen molar-refractivity contribution in [3.8, 4) is 0 Å². The Hall–Kier alpha value is -0.620. The van der Waals surface area contributed by atoms with Gasteiger partial charge >= 0.3 is 11.9 Å². The first kappa shape index (κ1) is 14.4. The summed E-state index contributed by atoms with van der Waals surface area (Å²) in [4.78, 5) is 22.1. The van der Waals surface area contributed by atoms with Crippen LogP contribution >= 0.6 is 15.9 Å². The van der Waals surface area contributed by atoms with Crippen molar-refractivity contribution < 1.29 is 23.8 Å². The average molecular weight is 309 g/mol. The van der Waals surface area contributed by atoms with E-state index < -0.39 is 29.2 Å². The first-order valence-electron chi connectivity index (χ1n) is 5.47. The van der Waals surface area contributed by atoms with Crippen LogP contribution in [0.3, 0.4) is 0 Å². The minimum Gasteiger partial charge on any atom is -0.458 e. The number of hydrogen-bond acceptors (Lipinski definition) is 5. The molecular formula is C11H17BrO5. The fourth-order valence-electron chi connectivity index (χ4n) is 1.80. The highest BCUT2D eigenvalue weighted by atomic mass is 79.9. The molecule has 1 aliphatic rings. The van der Waals surface area contributed by atoms with Gasteiger partial charge < -0.3 is 14.2 Å². The van der Waals surface area contributed by atoms with Crippen molar-refractivity contribution in [2.75, 3.05) is 0 Å². The molecular weight excluding hydrogens is 292 g/mol. The minimum atomic E-state index is -0.623. The Balaban J connectivity index is 2.86. The largest absolute Gasteiger partial charge is 0.458 e. The molecule has 0 aromatic carbocycles. The molecule has 0 spiro atoms. The zero-order valence-corrected chi connectivity index (χ0v) is 11.9. The van der Waals surface area contributed by atoms with Crippen molar-refractivity contribution in [1.29, 1.82) is 0 Å². The van der Waals surface area contributed by atoms with Crippen molar-refractivity contribution in [2.45, 2.75) is 51.0 Å². The summed E-state index contributed by atoms with van der Waals surface area (Å²) in [6.45, 7) is 6.43. The van der Waals surface area contributed by atoms with Crippen molar-refractivity contribution >= 4 is 27.9 Å².